The minimum Gasteiger partial charge on any atom is -0.443 e. The van der Waals surface area contributed by atoms with Gasteiger partial charge < -0.3 is 15.2 Å². The van der Waals surface area contributed by atoms with E-state index in [0.717, 1.165) is 22.2 Å². The summed E-state index contributed by atoms with van der Waals surface area (Å²) in [5.41, 5.74) is 6.29. The normalized spacial score (nSPS) is 14.8. The van der Waals surface area contributed by atoms with Crippen LogP contribution in [0.1, 0.15) is 59.7 Å². The smallest absolute Gasteiger partial charge is 0.422 e. The van der Waals surface area contributed by atoms with E-state index in [2.05, 4.69) is 21.5 Å². The molecule has 3 rings (SSSR count). The van der Waals surface area contributed by atoms with Crippen molar-refractivity contribution < 1.29 is 19.4 Å². The van der Waals surface area contributed by atoms with Crippen LogP contribution in [0.25, 0.3) is 10.9 Å². The maximum atomic E-state index is 14.0. The minimum absolute atomic E-state index is 0.00861. The molecule has 1 heterocycles. The third-order valence-corrected chi connectivity index (χ3v) is 7.31. The van der Waals surface area contributed by atoms with Crippen LogP contribution in [-0.2, 0) is 22.5 Å². The van der Waals surface area contributed by atoms with Crippen molar-refractivity contribution in [2.75, 3.05) is 6.54 Å². The second-order valence-corrected chi connectivity index (χ2v) is 12.5. The van der Waals surface area contributed by atoms with Crippen molar-refractivity contribution in [1.29, 1.82) is 0 Å². The molecule has 9 heteroatoms. The summed E-state index contributed by atoms with van der Waals surface area (Å²) in [7, 11) is 0. The van der Waals surface area contributed by atoms with E-state index in [1.165, 1.54) is 0 Å². The van der Waals surface area contributed by atoms with Crippen molar-refractivity contribution in [3.8, 4) is 0 Å². The molecule has 42 heavy (non-hydrogen) atoms. The zero-order chi connectivity index (χ0) is 30.9. The maximum absolute atomic E-state index is 14.0. The lowest BCUT2D eigenvalue weighted by Crippen LogP contribution is -2.67. The molecule has 3 atom stereocenters. The molecule has 0 aliphatic carbocycles. The topological polar surface area (TPSA) is 125 Å². The van der Waals surface area contributed by atoms with Crippen LogP contribution in [0.15, 0.2) is 66.7 Å². The van der Waals surface area contributed by atoms with Crippen molar-refractivity contribution in [1.82, 2.24) is 26.5 Å². The van der Waals surface area contributed by atoms with Crippen LogP contribution in [0, 0.1) is 11.8 Å². The van der Waals surface area contributed by atoms with Crippen molar-refractivity contribution in [2.45, 2.75) is 84.7 Å². The molecule has 0 unspecified atom stereocenters. The summed E-state index contributed by atoms with van der Waals surface area (Å²) in [5.74, 6) is -0.402. The number of hydrogen-bond acceptors (Lipinski definition) is 7. The first-order valence-electron chi connectivity index (χ1n) is 14.6. The van der Waals surface area contributed by atoms with Gasteiger partial charge in [-0.15, -0.1) is 0 Å². The summed E-state index contributed by atoms with van der Waals surface area (Å²) in [4.78, 5) is 30.8. The van der Waals surface area contributed by atoms with Gasteiger partial charge in [0.25, 0.3) is 0 Å². The molecule has 5 N–H and O–H groups in total. The Labute approximate surface area is 249 Å². The summed E-state index contributed by atoms with van der Waals surface area (Å²) >= 11 is 0. The van der Waals surface area contributed by atoms with Gasteiger partial charge >= 0.3 is 6.09 Å². The number of rotatable bonds is 13. The van der Waals surface area contributed by atoms with Crippen molar-refractivity contribution in [2.24, 2.45) is 11.8 Å². The number of carbonyl (C=O) groups excluding carboxylic acids is 2. The van der Waals surface area contributed by atoms with Crippen LogP contribution in [0.4, 0.5) is 4.79 Å². The molecule has 0 spiro atoms. The van der Waals surface area contributed by atoms with Crippen molar-refractivity contribution >= 4 is 22.9 Å². The van der Waals surface area contributed by atoms with Crippen LogP contribution < -0.4 is 21.5 Å². The van der Waals surface area contributed by atoms with Crippen LogP contribution in [0.5, 0.6) is 0 Å². The van der Waals surface area contributed by atoms with E-state index in [0.29, 0.717) is 13.0 Å². The van der Waals surface area contributed by atoms with Crippen molar-refractivity contribution in [3.05, 3.63) is 78.0 Å². The molecule has 3 aromatic rings. The number of benzene rings is 2. The number of hydrogen-bond donors (Lipinski definition) is 5. The van der Waals surface area contributed by atoms with E-state index in [-0.39, 0.29) is 24.3 Å². The molecule has 0 fully saturated rings. The fourth-order valence-electron chi connectivity index (χ4n) is 4.98. The number of aromatic nitrogens is 1. The Hall–Kier alpha value is -3.53. The lowest BCUT2D eigenvalue weighted by Gasteiger charge is -2.44. The number of nitrogens with zero attached hydrogens (tertiary/aromatic N) is 1. The van der Waals surface area contributed by atoms with Gasteiger partial charge in [-0.05, 0) is 56.7 Å². The number of nitrogens with one attached hydrogen (secondary N) is 4. The number of aliphatic hydroxyl groups is 1. The van der Waals surface area contributed by atoms with Gasteiger partial charge in [-0.25, -0.2) is 10.2 Å². The molecule has 2 amide bonds. The first-order valence-corrected chi connectivity index (χ1v) is 14.6. The highest BCUT2D eigenvalue weighted by molar-refractivity contribution is 5.83. The molecule has 0 aliphatic rings. The number of ether oxygens (including phenoxy) is 1. The van der Waals surface area contributed by atoms with E-state index < -0.39 is 29.4 Å². The maximum Gasteiger partial charge on any atom is 0.422 e. The summed E-state index contributed by atoms with van der Waals surface area (Å²) < 4.78 is 5.28. The second-order valence-electron chi connectivity index (χ2n) is 12.5. The Morgan fingerprint density at radius 3 is 2.24 bits per heavy atom. The van der Waals surface area contributed by atoms with Crippen LogP contribution in [0.2, 0.25) is 0 Å². The van der Waals surface area contributed by atoms with Gasteiger partial charge in [-0.2, -0.15) is 0 Å². The Morgan fingerprint density at radius 2 is 1.60 bits per heavy atom. The van der Waals surface area contributed by atoms with Crippen molar-refractivity contribution in [3.63, 3.8) is 0 Å². The molecule has 0 saturated carbocycles. The number of aliphatic hydroxyl groups excluding tert-OH is 1. The molecule has 0 radical (unpaired) electrons. The fourth-order valence-corrected chi connectivity index (χ4v) is 4.98. The van der Waals surface area contributed by atoms with Gasteiger partial charge in [0.15, 0.2) is 0 Å². The molecule has 0 aliphatic heterocycles. The van der Waals surface area contributed by atoms with Gasteiger partial charge in [-0.1, -0.05) is 82.3 Å². The lowest BCUT2D eigenvalue weighted by molar-refractivity contribution is -0.129. The Kier molecular flexibility index (Phi) is 11.4. The highest BCUT2D eigenvalue weighted by Crippen LogP contribution is 2.27. The van der Waals surface area contributed by atoms with Gasteiger partial charge in [0, 0.05) is 18.5 Å². The number of para-hydroxylation sites is 1. The SMILES string of the molecule is CC(C)[C@H](NCc1ccc2ccccc2n1)C(=O)N[C@@](Cc1ccccc1)(C(C)C)[C@H](O)CNNC(=O)OC(C)(C)C. The van der Waals surface area contributed by atoms with Crippen LogP contribution in [0.3, 0.4) is 0 Å². The predicted molar refractivity (Wildman–Crippen MR) is 166 cm³/mol. The minimum atomic E-state index is -1.05. The molecule has 0 bridgehead atoms. The molecular weight excluding hydrogens is 530 g/mol. The quantitative estimate of drug-likeness (QED) is 0.190. The van der Waals surface area contributed by atoms with Gasteiger partial charge in [0.05, 0.1) is 28.9 Å². The summed E-state index contributed by atoms with van der Waals surface area (Å²) in [6.45, 7) is 13.7. The molecule has 2 aromatic carbocycles. The number of hydrazine groups is 1. The van der Waals surface area contributed by atoms with Gasteiger partial charge in [0.1, 0.15) is 5.60 Å². The first-order chi connectivity index (χ1) is 19.8. The van der Waals surface area contributed by atoms with E-state index >= 15 is 0 Å². The average molecular weight is 578 g/mol. The number of amides is 2. The summed E-state index contributed by atoms with van der Waals surface area (Å²) in [6, 6.07) is 21.1. The summed E-state index contributed by atoms with van der Waals surface area (Å²) in [5, 5.41) is 19.3. The predicted octanol–water partition coefficient (Wildman–Crippen LogP) is 4.49. The Morgan fingerprint density at radius 1 is 0.929 bits per heavy atom. The Balaban J connectivity index is 1.80. The number of fused-ring (bicyclic) bond motifs is 1. The standard InChI is InChI=1S/C33H47N5O4/c1-22(2)29(34-20-26-18-17-25-15-11-12-16-27(25)36-26)30(40)37-33(23(3)4,19-24-13-9-8-10-14-24)28(39)21-35-38-31(41)42-32(5,6)7/h8-18,22-23,28-29,34-35,39H,19-21H2,1-7H3,(H,37,40)(H,38,41)/t28-,29+,33+/m1/s1. The third kappa shape index (κ3) is 9.24. The largest absolute Gasteiger partial charge is 0.443 e. The van der Waals surface area contributed by atoms with Gasteiger partial charge in [-0.3, -0.25) is 20.5 Å². The van der Waals surface area contributed by atoms with E-state index in [4.69, 9.17) is 9.72 Å². The molecular formula is C33H47N5O4. The molecule has 1 aromatic heterocycles. The van der Waals surface area contributed by atoms with E-state index in [9.17, 15) is 14.7 Å². The fraction of sp³-hybridized carbons (Fsp3) is 0.485. The zero-order valence-electron chi connectivity index (χ0n) is 25.9. The van der Waals surface area contributed by atoms with E-state index in [1.54, 1.807) is 20.8 Å². The first kappa shape index (κ1) is 33.0. The molecule has 9 nitrogen and oxygen atoms in total. The van der Waals surface area contributed by atoms with Crippen LogP contribution in [-0.4, -0.2) is 51.9 Å². The molecule has 0 saturated heterocycles. The Bertz CT molecular complexity index is 1310. The second kappa shape index (κ2) is 14.6. The van der Waals surface area contributed by atoms with Gasteiger partial charge in [0.2, 0.25) is 5.91 Å². The monoisotopic (exact) mass is 577 g/mol. The average Bonchev–Trinajstić information content (AvgIpc) is 2.91. The highest BCUT2D eigenvalue weighted by Gasteiger charge is 2.43. The summed E-state index contributed by atoms with van der Waals surface area (Å²) in [6.07, 6.45) is -1.31. The lowest BCUT2D eigenvalue weighted by atomic mass is 9.75. The molecule has 228 valence electrons. The zero-order valence-corrected chi connectivity index (χ0v) is 25.9. The third-order valence-electron chi connectivity index (χ3n) is 7.31. The van der Waals surface area contributed by atoms with Crippen LogP contribution >= 0.6 is 0 Å². The highest BCUT2D eigenvalue weighted by atomic mass is 16.6. The number of pyridine rings is 1. The number of carbonyl (C=O) groups is 2. The van der Waals surface area contributed by atoms with E-state index in [1.807, 2.05) is 94.4 Å².